The van der Waals surface area contributed by atoms with Crippen molar-refractivity contribution in [2.24, 2.45) is 10.8 Å². The Bertz CT molecular complexity index is 529. The van der Waals surface area contributed by atoms with Gasteiger partial charge in [0.05, 0.1) is 11.1 Å². The molecule has 0 radical (unpaired) electrons. The van der Waals surface area contributed by atoms with Crippen molar-refractivity contribution >= 4 is 34.9 Å². The fourth-order valence-electron chi connectivity index (χ4n) is 1.78. The van der Waals surface area contributed by atoms with Crippen LogP contribution in [-0.2, 0) is 0 Å². The van der Waals surface area contributed by atoms with E-state index in [-0.39, 0.29) is 10.8 Å². The molecule has 0 atom stereocenters. The lowest BCUT2D eigenvalue weighted by Gasteiger charge is -2.22. The van der Waals surface area contributed by atoms with Crippen molar-refractivity contribution in [3.05, 3.63) is 33.9 Å². The van der Waals surface area contributed by atoms with Gasteiger partial charge in [-0.15, -0.1) is 0 Å². The minimum Gasteiger partial charge on any atom is -0.375 e. The lowest BCUT2D eigenvalue weighted by atomic mass is 10.1. The van der Waals surface area contributed by atoms with E-state index in [4.69, 9.17) is 5.73 Å². The fourth-order valence-corrected chi connectivity index (χ4v) is 1.83. The molecule has 0 spiro atoms. The van der Waals surface area contributed by atoms with E-state index < -0.39 is 4.92 Å². The lowest BCUT2D eigenvalue weighted by Crippen LogP contribution is -2.25. The third kappa shape index (κ3) is 4.16. The average molecular weight is 295 g/mol. The molecule has 0 unspecified atom stereocenters. The molecule has 7 nitrogen and oxygen atoms in total. The summed E-state index contributed by atoms with van der Waals surface area (Å²) in [7, 11) is 0. The topological polar surface area (TPSA) is 96.8 Å². The highest BCUT2D eigenvalue weighted by atomic mass is 32.1. The number of benzene rings is 1. The van der Waals surface area contributed by atoms with Crippen molar-refractivity contribution in [2.45, 2.75) is 13.8 Å². The Kier molecular flexibility index (Phi) is 5.85. The Hall–Kier alpha value is -2.22. The second kappa shape index (κ2) is 7.39. The summed E-state index contributed by atoms with van der Waals surface area (Å²) in [6.45, 7) is 5.61. The summed E-state index contributed by atoms with van der Waals surface area (Å²) < 4.78 is 0. The van der Waals surface area contributed by atoms with E-state index in [9.17, 15) is 10.1 Å². The van der Waals surface area contributed by atoms with Gasteiger partial charge in [0, 0.05) is 36.5 Å². The van der Waals surface area contributed by atoms with Crippen LogP contribution in [0.25, 0.3) is 0 Å². The van der Waals surface area contributed by atoms with Crippen LogP contribution in [0.15, 0.2) is 23.3 Å². The number of nitrogens with zero attached hydrogens (tertiary/aromatic N) is 3. The van der Waals surface area contributed by atoms with Gasteiger partial charge in [-0.2, -0.15) is 5.10 Å². The molecule has 0 heterocycles. The number of nitrogens with two attached hydrogens (primary N) is 1. The van der Waals surface area contributed by atoms with Crippen LogP contribution in [0.2, 0.25) is 0 Å². The lowest BCUT2D eigenvalue weighted by molar-refractivity contribution is -0.384. The van der Waals surface area contributed by atoms with Crippen molar-refractivity contribution in [2.75, 3.05) is 18.0 Å². The molecule has 1 aromatic rings. The molecule has 20 heavy (non-hydrogen) atoms. The summed E-state index contributed by atoms with van der Waals surface area (Å²) >= 11 is 4.64. The third-order valence-corrected chi connectivity index (χ3v) is 2.80. The van der Waals surface area contributed by atoms with Gasteiger partial charge >= 0.3 is 0 Å². The number of nitro groups is 1. The Morgan fingerprint density at radius 1 is 1.55 bits per heavy atom. The van der Waals surface area contributed by atoms with E-state index in [1.807, 2.05) is 13.8 Å². The van der Waals surface area contributed by atoms with E-state index >= 15 is 0 Å². The van der Waals surface area contributed by atoms with E-state index in [0.29, 0.717) is 5.56 Å². The Balaban J connectivity index is 3.18. The van der Waals surface area contributed by atoms with Gasteiger partial charge in [0.25, 0.3) is 5.69 Å². The summed E-state index contributed by atoms with van der Waals surface area (Å²) in [5, 5.41) is 14.7. The number of nitrogens with one attached hydrogen (secondary N) is 1. The number of hydrogen-bond donors (Lipinski definition) is 2. The maximum Gasteiger partial charge on any atom is 0.270 e. The maximum absolute atomic E-state index is 10.8. The molecule has 0 aliphatic heterocycles. The molecule has 0 fully saturated rings. The molecule has 0 saturated heterocycles. The summed E-state index contributed by atoms with van der Waals surface area (Å²) in [6, 6.07) is 4.66. The minimum atomic E-state index is -0.440. The van der Waals surface area contributed by atoms with Crippen molar-refractivity contribution in [1.82, 2.24) is 5.43 Å². The summed E-state index contributed by atoms with van der Waals surface area (Å²) in [5.74, 6) is 0. The Labute approximate surface area is 122 Å². The third-order valence-electron chi connectivity index (χ3n) is 2.70. The van der Waals surface area contributed by atoms with Crippen LogP contribution >= 0.6 is 12.2 Å². The van der Waals surface area contributed by atoms with Crippen LogP contribution in [0.4, 0.5) is 11.4 Å². The zero-order valence-electron chi connectivity index (χ0n) is 11.4. The standard InChI is InChI=1S/C12H17N5O2S/c1-3-16(4-2)11-6-5-10(17(18)19)7-9(11)8-14-15-12(13)20/h5-8H,3-4H2,1-2H3,(H3,13,15,20). The minimum absolute atomic E-state index is 0.0117. The van der Waals surface area contributed by atoms with Crippen molar-refractivity contribution in [1.29, 1.82) is 0 Å². The first-order valence-corrected chi connectivity index (χ1v) is 6.52. The van der Waals surface area contributed by atoms with Gasteiger partial charge in [0.1, 0.15) is 0 Å². The van der Waals surface area contributed by atoms with E-state index in [1.54, 1.807) is 6.07 Å². The van der Waals surface area contributed by atoms with Crippen molar-refractivity contribution in [3.63, 3.8) is 0 Å². The van der Waals surface area contributed by atoms with E-state index in [2.05, 4.69) is 27.6 Å². The van der Waals surface area contributed by atoms with E-state index in [1.165, 1.54) is 18.3 Å². The molecule has 0 bridgehead atoms. The molecule has 0 saturated carbocycles. The molecule has 3 N–H and O–H groups in total. The zero-order chi connectivity index (χ0) is 15.1. The quantitative estimate of drug-likeness (QED) is 0.358. The summed E-state index contributed by atoms with van der Waals surface area (Å²) in [5.41, 5.74) is 9.22. The van der Waals surface area contributed by atoms with Crippen LogP contribution in [0, 0.1) is 10.1 Å². The number of thiocarbonyl (C=S) groups is 1. The number of non-ortho nitro benzene ring substituents is 1. The first-order valence-electron chi connectivity index (χ1n) is 6.11. The highest BCUT2D eigenvalue weighted by molar-refractivity contribution is 7.80. The molecular weight excluding hydrogens is 278 g/mol. The smallest absolute Gasteiger partial charge is 0.270 e. The first-order chi connectivity index (χ1) is 9.49. The number of hydrazone groups is 1. The number of rotatable bonds is 6. The van der Waals surface area contributed by atoms with Gasteiger partial charge in [-0.25, -0.2) is 0 Å². The predicted octanol–water partition coefficient (Wildman–Crippen LogP) is 1.61. The molecular formula is C12H17N5O2S. The van der Waals surface area contributed by atoms with Crippen molar-refractivity contribution < 1.29 is 4.92 Å². The fraction of sp³-hybridized carbons (Fsp3) is 0.333. The molecule has 1 aromatic carbocycles. The van der Waals surface area contributed by atoms with E-state index in [0.717, 1.165) is 18.8 Å². The molecule has 0 aliphatic carbocycles. The largest absolute Gasteiger partial charge is 0.375 e. The molecule has 1 rings (SSSR count). The number of anilines is 1. The normalized spacial score (nSPS) is 10.5. The van der Waals surface area contributed by atoms with Crippen LogP contribution in [0.3, 0.4) is 0 Å². The first kappa shape index (κ1) is 15.8. The maximum atomic E-state index is 10.8. The predicted molar refractivity (Wildman–Crippen MR) is 84.2 cm³/mol. The monoisotopic (exact) mass is 295 g/mol. The van der Waals surface area contributed by atoms with Crippen LogP contribution in [-0.4, -0.2) is 29.3 Å². The van der Waals surface area contributed by atoms with Gasteiger partial charge in [-0.05, 0) is 32.1 Å². The van der Waals surface area contributed by atoms with Crippen LogP contribution < -0.4 is 16.1 Å². The highest BCUT2D eigenvalue weighted by Gasteiger charge is 2.12. The van der Waals surface area contributed by atoms with Gasteiger partial charge in [0.15, 0.2) is 5.11 Å². The highest BCUT2D eigenvalue weighted by Crippen LogP contribution is 2.24. The summed E-state index contributed by atoms with van der Waals surface area (Å²) in [4.78, 5) is 12.5. The number of hydrogen-bond acceptors (Lipinski definition) is 5. The SMILES string of the molecule is CCN(CC)c1ccc([N+](=O)[O-])cc1C=NNC(N)=S. The van der Waals surface area contributed by atoms with Gasteiger partial charge in [0.2, 0.25) is 0 Å². The van der Waals surface area contributed by atoms with Gasteiger partial charge in [-0.1, -0.05) is 0 Å². The van der Waals surface area contributed by atoms with Crippen LogP contribution in [0.5, 0.6) is 0 Å². The zero-order valence-corrected chi connectivity index (χ0v) is 12.2. The average Bonchev–Trinajstić information content (AvgIpc) is 2.40. The Morgan fingerprint density at radius 2 is 2.20 bits per heavy atom. The summed E-state index contributed by atoms with van der Waals surface area (Å²) in [6.07, 6.45) is 1.47. The van der Waals surface area contributed by atoms with Crippen LogP contribution in [0.1, 0.15) is 19.4 Å². The second-order valence-corrected chi connectivity index (χ2v) is 4.35. The second-order valence-electron chi connectivity index (χ2n) is 3.91. The molecule has 108 valence electrons. The number of nitro benzene ring substituents is 1. The molecule has 0 aromatic heterocycles. The Morgan fingerprint density at radius 3 is 2.70 bits per heavy atom. The van der Waals surface area contributed by atoms with Gasteiger partial charge in [-0.3, -0.25) is 15.5 Å². The van der Waals surface area contributed by atoms with Crippen molar-refractivity contribution in [3.8, 4) is 0 Å². The molecule has 8 heteroatoms. The molecule has 0 amide bonds. The molecule has 0 aliphatic rings. The van der Waals surface area contributed by atoms with Gasteiger partial charge < -0.3 is 10.6 Å².